The molecule has 0 spiro atoms. The molecule has 0 aromatic carbocycles. The molecule has 3 fully saturated rings. The van der Waals surface area contributed by atoms with Gasteiger partial charge in [0.2, 0.25) is 17.8 Å². The fourth-order valence-corrected chi connectivity index (χ4v) is 6.20. The summed E-state index contributed by atoms with van der Waals surface area (Å²) >= 11 is 0. The maximum Gasteiger partial charge on any atom is 0.270 e. The van der Waals surface area contributed by atoms with Gasteiger partial charge < -0.3 is 10.6 Å². The Morgan fingerprint density at radius 2 is 1.71 bits per heavy atom. The number of hydrogen-bond donors (Lipinski definition) is 2. The van der Waals surface area contributed by atoms with Gasteiger partial charge in [-0.25, -0.2) is 27.1 Å². The van der Waals surface area contributed by atoms with Crippen LogP contribution < -0.4 is 10.6 Å². The van der Waals surface area contributed by atoms with E-state index in [1.54, 1.807) is 30.0 Å². The first-order valence-electron chi connectivity index (χ1n) is 14.2. The molecule has 9 nitrogen and oxygen atoms in total. The Labute approximate surface area is 234 Å². The topological polar surface area (TPSA) is 106 Å². The predicted molar refractivity (Wildman–Crippen MR) is 139 cm³/mol. The molecular formula is C28H33F4N7O2. The number of carbonyl (C=O) groups excluding carboxylic acids is 2. The minimum Gasteiger partial charge on any atom is -0.349 e. The van der Waals surface area contributed by atoms with Gasteiger partial charge >= 0.3 is 0 Å². The lowest BCUT2D eigenvalue weighted by Gasteiger charge is -2.34. The van der Waals surface area contributed by atoms with Crippen molar-refractivity contribution in [2.75, 3.05) is 0 Å². The molecule has 3 aliphatic rings. The van der Waals surface area contributed by atoms with Crippen molar-refractivity contribution >= 4 is 17.5 Å². The van der Waals surface area contributed by atoms with Gasteiger partial charge in [-0.15, -0.1) is 0 Å². The van der Waals surface area contributed by atoms with Crippen LogP contribution >= 0.6 is 0 Å². The highest BCUT2D eigenvalue weighted by molar-refractivity contribution is 5.92. The second-order valence-electron chi connectivity index (χ2n) is 12.0. The predicted octanol–water partition coefficient (Wildman–Crippen LogP) is 4.76. The Bertz CT molecular complexity index is 1430. The monoisotopic (exact) mass is 575 g/mol. The fraction of sp³-hybridized carbons (Fsp3) is 0.607. The second kappa shape index (κ2) is 10.4. The normalized spacial score (nSPS) is 22.2. The average Bonchev–Trinajstić information content (AvgIpc) is 3.50. The first-order valence-corrected chi connectivity index (χ1v) is 14.2. The Balaban J connectivity index is 1.23. The molecule has 0 bridgehead atoms. The minimum absolute atomic E-state index is 0.0699. The number of carbonyl (C=O) groups is 2. The van der Waals surface area contributed by atoms with Crippen LogP contribution in [0.3, 0.4) is 0 Å². The highest BCUT2D eigenvalue weighted by Gasteiger charge is 2.46. The van der Waals surface area contributed by atoms with E-state index in [0.29, 0.717) is 17.0 Å². The Morgan fingerprint density at radius 3 is 2.34 bits per heavy atom. The zero-order valence-corrected chi connectivity index (χ0v) is 22.7. The molecule has 13 heteroatoms. The molecule has 1 unspecified atom stereocenters. The van der Waals surface area contributed by atoms with E-state index in [1.165, 1.54) is 10.9 Å². The quantitative estimate of drug-likeness (QED) is 0.358. The van der Waals surface area contributed by atoms with Crippen molar-refractivity contribution in [3.63, 3.8) is 0 Å². The number of nitrogens with zero attached hydrogens (tertiary/aromatic N) is 5. The van der Waals surface area contributed by atoms with E-state index >= 15 is 0 Å². The average molecular weight is 576 g/mol. The second-order valence-corrected chi connectivity index (χ2v) is 12.0. The maximum absolute atomic E-state index is 14.0. The molecule has 6 rings (SSSR count). The van der Waals surface area contributed by atoms with Gasteiger partial charge in [-0.05, 0) is 61.1 Å². The molecule has 0 aliphatic heterocycles. The van der Waals surface area contributed by atoms with Crippen LogP contribution in [0.5, 0.6) is 0 Å². The number of rotatable bonds is 9. The standard InChI is InChI=1S/C28H33F4N7O2/c1-38-21(6-9-33-38)26(41)37-25(18-4-7-27(29,30)8-5-18)20-15-39-22(35-20)11-19(14-34-39)24(17-2-3-17)36-23(40)10-16-12-28(31,32)13-16/h6,9,11,14-18,24-25H,2-5,7-8,10,12-13H2,1H3,(H,36,40)(H,37,41)/t24?,25-/m0/s1. The molecule has 220 valence electrons. The van der Waals surface area contributed by atoms with Crippen LogP contribution in [0.25, 0.3) is 5.65 Å². The van der Waals surface area contributed by atoms with Crippen LogP contribution in [0.2, 0.25) is 0 Å². The van der Waals surface area contributed by atoms with Crippen LogP contribution in [0.15, 0.2) is 30.7 Å². The van der Waals surface area contributed by atoms with E-state index in [4.69, 9.17) is 4.98 Å². The number of halogens is 4. The van der Waals surface area contributed by atoms with Crippen molar-refractivity contribution in [2.45, 2.75) is 81.7 Å². The van der Waals surface area contributed by atoms with Gasteiger partial charge in [-0.3, -0.25) is 14.3 Å². The maximum atomic E-state index is 14.0. The molecule has 3 heterocycles. The lowest BCUT2D eigenvalue weighted by molar-refractivity contribution is -0.134. The number of aryl methyl sites for hydroxylation is 1. The van der Waals surface area contributed by atoms with Gasteiger partial charge in [-0.1, -0.05) is 0 Å². The first kappa shape index (κ1) is 27.6. The smallest absolute Gasteiger partial charge is 0.270 e. The number of imidazole rings is 1. The summed E-state index contributed by atoms with van der Waals surface area (Å²) in [6.07, 6.45) is 6.25. The highest BCUT2D eigenvalue weighted by atomic mass is 19.3. The lowest BCUT2D eigenvalue weighted by atomic mass is 9.79. The highest BCUT2D eigenvalue weighted by Crippen LogP contribution is 2.45. The molecule has 0 radical (unpaired) electrons. The van der Waals surface area contributed by atoms with Gasteiger partial charge in [0.05, 0.1) is 30.2 Å². The zero-order chi connectivity index (χ0) is 28.9. The fourth-order valence-electron chi connectivity index (χ4n) is 6.20. The van der Waals surface area contributed by atoms with Crippen LogP contribution in [0.1, 0.15) is 91.6 Å². The van der Waals surface area contributed by atoms with Gasteiger partial charge in [-0.2, -0.15) is 10.2 Å². The largest absolute Gasteiger partial charge is 0.349 e. The SMILES string of the molecule is Cn1nccc1C(=O)N[C@H](c1cn2ncc(C(NC(=O)CC3CC(F)(F)C3)C3CC3)cc2n1)C1CCC(F)(F)CC1. The van der Waals surface area contributed by atoms with Gasteiger partial charge in [0, 0.05) is 45.3 Å². The molecule has 3 aliphatic carbocycles. The number of nitrogens with one attached hydrogen (secondary N) is 2. The van der Waals surface area contributed by atoms with Crippen LogP contribution in [0.4, 0.5) is 17.6 Å². The minimum atomic E-state index is -2.72. The van der Waals surface area contributed by atoms with Crippen molar-refractivity contribution in [2.24, 2.45) is 24.8 Å². The van der Waals surface area contributed by atoms with Gasteiger partial charge in [0.25, 0.3) is 5.91 Å². The number of aromatic nitrogens is 5. The van der Waals surface area contributed by atoms with Gasteiger partial charge in [0.15, 0.2) is 5.65 Å². The Morgan fingerprint density at radius 1 is 1.00 bits per heavy atom. The van der Waals surface area contributed by atoms with E-state index in [1.807, 2.05) is 6.07 Å². The molecular weight excluding hydrogens is 542 g/mol. The van der Waals surface area contributed by atoms with E-state index in [-0.39, 0.29) is 80.6 Å². The lowest BCUT2D eigenvalue weighted by Crippen LogP contribution is -2.39. The number of fused-ring (bicyclic) bond motifs is 1. The zero-order valence-electron chi connectivity index (χ0n) is 22.7. The first-order chi connectivity index (χ1) is 19.5. The number of hydrogen-bond acceptors (Lipinski definition) is 5. The summed E-state index contributed by atoms with van der Waals surface area (Å²) in [6, 6.07) is 2.49. The molecule has 2 amide bonds. The van der Waals surface area contributed by atoms with Crippen LogP contribution in [0, 0.1) is 17.8 Å². The van der Waals surface area contributed by atoms with E-state index in [9.17, 15) is 27.2 Å². The van der Waals surface area contributed by atoms with Gasteiger partial charge in [0.1, 0.15) is 5.69 Å². The third-order valence-electron chi connectivity index (χ3n) is 8.67. The summed E-state index contributed by atoms with van der Waals surface area (Å²) in [4.78, 5) is 30.5. The molecule has 2 atom stereocenters. The third kappa shape index (κ3) is 6.08. The molecule has 3 saturated carbocycles. The van der Waals surface area contributed by atoms with E-state index < -0.39 is 17.9 Å². The van der Waals surface area contributed by atoms with E-state index in [0.717, 1.165) is 18.4 Å². The van der Waals surface area contributed by atoms with Crippen LogP contribution in [-0.4, -0.2) is 48.0 Å². The van der Waals surface area contributed by atoms with Crippen molar-refractivity contribution in [3.8, 4) is 0 Å². The summed E-state index contributed by atoms with van der Waals surface area (Å²) in [7, 11) is 1.65. The van der Waals surface area contributed by atoms with Crippen molar-refractivity contribution in [3.05, 3.63) is 47.7 Å². The van der Waals surface area contributed by atoms with Crippen molar-refractivity contribution in [1.29, 1.82) is 0 Å². The summed E-state index contributed by atoms with van der Waals surface area (Å²) in [5, 5.41) is 14.6. The summed E-state index contributed by atoms with van der Waals surface area (Å²) in [5.41, 5.74) is 2.11. The van der Waals surface area contributed by atoms with Crippen molar-refractivity contribution in [1.82, 2.24) is 35.0 Å². The molecule has 0 saturated heterocycles. The molecule has 3 aromatic heterocycles. The third-order valence-corrected chi connectivity index (χ3v) is 8.67. The van der Waals surface area contributed by atoms with Crippen molar-refractivity contribution < 1.29 is 27.2 Å². The van der Waals surface area contributed by atoms with E-state index in [2.05, 4.69) is 20.8 Å². The number of alkyl halides is 4. The number of amides is 2. The summed E-state index contributed by atoms with van der Waals surface area (Å²) in [5.74, 6) is -6.33. The van der Waals surface area contributed by atoms with Crippen LogP contribution in [-0.2, 0) is 11.8 Å². The molecule has 41 heavy (non-hydrogen) atoms. The molecule has 2 N–H and O–H groups in total. The summed E-state index contributed by atoms with van der Waals surface area (Å²) in [6.45, 7) is 0. The molecule has 3 aromatic rings. The summed E-state index contributed by atoms with van der Waals surface area (Å²) < 4.78 is 57.4. The Kier molecular flexibility index (Phi) is 7.01. The Hall–Kier alpha value is -3.51.